The molecule has 0 bridgehead atoms. The lowest BCUT2D eigenvalue weighted by Gasteiger charge is -2.41. The molecule has 0 saturated carbocycles. The molecule has 1 aliphatic heterocycles. The predicted octanol–water partition coefficient (Wildman–Crippen LogP) is -0.140. The first kappa shape index (κ1) is 13.4. The van der Waals surface area contributed by atoms with E-state index in [1.807, 2.05) is 6.92 Å². The lowest BCUT2D eigenvalue weighted by atomic mass is 9.95. The van der Waals surface area contributed by atoms with E-state index in [2.05, 4.69) is 10.2 Å². The molecule has 16 heavy (non-hydrogen) atoms. The summed E-state index contributed by atoms with van der Waals surface area (Å²) in [5, 5.41) is 3.27. The maximum atomic E-state index is 11.9. The molecule has 1 atom stereocenters. The van der Waals surface area contributed by atoms with Gasteiger partial charge in [-0.15, -0.1) is 0 Å². The quantitative estimate of drug-likeness (QED) is 0.666. The number of esters is 1. The Morgan fingerprint density at radius 3 is 2.50 bits per heavy atom. The lowest BCUT2D eigenvalue weighted by Crippen LogP contribution is -2.59. The summed E-state index contributed by atoms with van der Waals surface area (Å²) in [4.78, 5) is 14.1. The molecule has 1 saturated heterocycles. The van der Waals surface area contributed by atoms with Gasteiger partial charge in [0, 0.05) is 39.9 Å². The van der Waals surface area contributed by atoms with Crippen molar-refractivity contribution >= 4 is 5.97 Å². The van der Waals surface area contributed by atoms with Gasteiger partial charge in [0.1, 0.15) is 5.54 Å². The smallest absolute Gasteiger partial charge is 0.326 e. The highest BCUT2D eigenvalue weighted by molar-refractivity contribution is 5.80. The van der Waals surface area contributed by atoms with E-state index in [0.717, 1.165) is 26.2 Å². The maximum Gasteiger partial charge on any atom is 0.326 e. The third kappa shape index (κ3) is 2.93. The molecule has 0 aromatic rings. The molecule has 1 aliphatic rings. The van der Waals surface area contributed by atoms with E-state index < -0.39 is 5.54 Å². The number of ether oxygens (including phenoxy) is 2. The highest BCUT2D eigenvalue weighted by Gasteiger charge is 2.40. The second-order valence-electron chi connectivity index (χ2n) is 4.25. The van der Waals surface area contributed by atoms with Gasteiger partial charge in [-0.1, -0.05) is 0 Å². The van der Waals surface area contributed by atoms with Gasteiger partial charge in [0.2, 0.25) is 0 Å². The number of methoxy groups -OCH3 is 2. The van der Waals surface area contributed by atoms with E-state index in [9.17, 15) is 4.79 Å². The average molecular weight is 230 g/mol. The predicted molar refractivity (Wildman–Crippen MR) is 61.4 cm³/mol. The van der Waals surface area contributed by atoms with E-state index in [4.69, 9.17) is 9.47 Å². The second kappa shape index (κ2) is 6.18. The Hall–Kier alpha value is -0.650. The lowest BCUT2D eigenvalue weighted by molar-refractivity contribution is -0.156. The Labute approximate surface area is 97.1 Å². The molecular weight excluding hydrogens is 208 g/mol. The summed E-state index contributed by atoms with van der Waals surface area (Å²) in [6, 6.07) is 0. The van der Waals surface area contributed by atoms with Crippen LogP contribution < -0.4 is 5.32 Å². The van der Waals surface area contributed by atoms with Crippen molar-refractivity contribution in [1.82, 2.24) is 10.2 Å². The second-order valence-corrected chi connectivity index (χ2v) is 4.25. The summed E-state index contributed by atoms with van der Waals surface area (Å²) in [5.41, 5.74) is -0.563. The molecule has 0 radical (unpaired) electrons. The number of carbonyl (C=O) groups is 1. The topological polar surface area (TPSA) is 50.8 Å². The van der Waals surface area contributed by atoms with Crippen molar-refractivity contribution in [1.29, 1.82) is 0 Å². The van der Waals surface area contributed by atoms with Crippen LogP contribution in [0.4, 0.5) is 0 Å². The van der Waals surface area contributed by atoms with Crippen LogP contribution in [0.15, 0.2) is 0 Å². The number of nitrogens with one attached hydrogen (secondary N) is 1. The van der Waals surface area contributed by atoms with E-state index >= 15 is 0 Å². The van der Waals surface area contributed by atoms with Crippen LogP contribution >= 0.6 is 0 Å². The first-order valence-electron chi connectivity index (χ1n) is 5.68. The van der Waals surface area contributed by atoms with Crippen molar-refractivity contribution in [3.8, 4) is 0 Å². The van der Waals surface area contributed by atoms with Crippen molar-refractivity contribution in [3.63, 3.8) is 0 Å². The monoisotopic (exact) mass is 230 g/mol. The Balaban J connectivity index is 2.71. The molecule has 0 aliphatic carbocycles. The third-order valence-electron chi connectivity index (χ3n) is 3.23. The normalized spacial score (nSPS) is 21.4. The highest BCUT2D eigenvalue weighted by Crippen LogP contribution is 2.22. The van der Waals surface area contributed by atoms with E-state index in [-0.39, 0.29) is 5.97 Å². The average Bonchev–Trinajstić information content (AvgIpc) is 2.36. The fraction of sp³-hybridized carbons (Fsp3) is 0.909. The highest BCUT2D eigenvalue weighted by atomic mass is 16.5. The Morgan fingerprint density at radius 2 is 2.00 bits per heavy atom. The van der Waals surface area contributed by atoms with Gasteiger partial charge in [0.05, 0.1) is 7.11 Å². The van der Waals surface area contributed by atoms with Crippen LogP contribution in [-0.2, 0) is 14.3 Å². The van der Waals surface area contributed by atoms with Gasteiger partial charge in [0.25, 0.3) is 0 Å². The number of piperazine rings is 1. The summed E-state index contributed by atoms with van der Waals surface area (Å²) in [6.07, 6.45) is 0.663. The van der Waals surface area contributed by atoms with E-state index in [1.165, 1.54) is 7.11 Å². The summed E-state index contributed by atoms with van der Waals surface area (Å²) < 4.78 is 9.98. The minimum atomic E-state index is -0.563. The van der Waals surface area contributed by atoms with Crippen LogP contribution in [0.1, 0.15) is 13.3 Å². The number of hydrogen-bond donors (Lipinski definition) is 1. The molecule has 0 amide bonds. The molecule has 0 aromatic heterocycles. The zero-order chi connectivity index (χ0) is 12.0. The summed E-state index contributed by atoms with van der Waals surface area (Å²) in [5.74, 6) is -0.175. The SMILES string of the molecule is COCCC(C)(C(=O)OC)N1CCNCC1. The zero-order valence-electron chi connectivity index (χ0n) is 10.4. The van der Waals surface area contributed by atoms with Gasteiger partial charge in [0.15, 0.2) is 0 Å². The maximum absolute atomic E-state index is 11.9. The van der Waals surface area contributed by atoms with Gasteiger partial charge in [-0.25, -0.2) is 0 Å². The molecule has 1 unspecified atom stereocenters. The molecule has 1 N–H and O–H groups in total. The molecule has 94 valence electrons. The number of carbonyl (C=O) groups excluding carboxylic acids is 1. The fourth-order valence-electron chi connectivity index (χ4n) is 2.07. The first-order valence-corrected chi connectivity index (χ1v) is 5.68. The summed E-state index contributed by atoms with van der Waals surface area (Å²) in [6.45, 7) is 6.07. The van der Waals surface area contributed by atoms with Crippen LogP contribution in [0.3, 0.4) is 0 Å². The standard InChI is InChI=1S/C11H22N2O3/c1-11(4-9-15-2,10(14)16-3)13-7-5-12-6-8-13/h12H,4-9H2,1-3H3. The number of hydrogen-bond acceptors (Lipinski definition) is 5. The molecule has 0 spiro atoms. The first-order chi connectivity index (χ1) is 7.65. The van der Waals surface area contributed by atoms with Crippen LogP contribution in [0.25, 0.3) is 0 Å². The minimum absolute atomic E-state index is 0.175. The summed E-state index contributed by atoms with van der Waals surface area (Å²) >= 11 is 0. The zero-order valence-corrected chi connectivity index (χ0v) is 10.4. The van der Waals surface area contributed by atoms with Crippen LogP contribution in [0, 0.1) is 0 Å². The van der Waals surface area contributed by atoms with Crippen LogP contribution in [0.2, 0.25) is 0 Å². The van der Waals surface area contributed by atoms with Crippen molar-refractivity contribution in [2.24, 2.45) is 0 Å². The molecule has 1 heterocycles. The van der Waals surface area contributed by atoms with Crippen molar-refractivity contribution in [2.45, 2.75) is 18.9 Å². The molecule has 1 fully saturated rings. The molecule has 0 aromatic carbocycles. The van der Waals surface area contributed by atoms with Crippen LogP contribution in [-0.4, -0.2) is 63.4 Å². The van der Waals surface area contributed by atoms with Crippen molar-refractivity contribution in [3.05, 3.63) is 0 Å². The molecule has 1 rings (SSSR count). The largest absolute Gasteiger partial charge is 0.468 e. The Kier molecular flexibility index (Phi) is 5.18. The van der Waals surface area contributed by atoms with Gasteiger partial charge >= 0.3 is 5.97 Å². The molecule has 5 nitrogen and oxygen atoms in total. The number of nitrogens with zero attached hydrogens (tertiary/aromatic N) is 1. The Morgan fingerprint density at radius 1 is 1.38 bits per heavy atom. The minimum Gasteiger partial charge on any atom is -0.468 e. The molecule has 5 heteroatoms. The number of rotatable bonds is 5. The van der Waals surface area contributed by atoms with E-state index in [0.29, 0.717) is 13.0 Å². The van der Waals surface area contributed by atoms with Crippen molar-refractivity contribution < 1.29 is 14.3 Å². The molecular formula is C11H22N2O3. The van der Waals surface area contributed by atoms with Crippen molar-refractivity contribution in [2.75, 3.05) is 47.0 Å². The summed E-state index contributed by atoms with van der Waals surface area (Å²) in [7, 11) is 3.09. The van der Waals surface area contributed by atoms with E-state index in [1.54, 1.807) is 7.11 Å². The van der Waals surface area contributed by atoms with Gasteiger partial charge in [-0.05, 0) is 13.3 Å². The van der Waals surface area contributed by atoms with Gasteiger partial charge in [-0.3, -0.25) is 9.69 Å². The third-order valence-corrected chi connectivity index (χ3v) is 3.23. The fourth-order valence-corrected chi connectivity index (χ4v) is 2.07. The Bertz CT molecular complexity index is 229. The van der Waals surface area contributed by atoms with Gasteiger partial charge in [-0.2, -0.15) is 0 Å². The van der Waals surface area contributed by atoms with Crippen LogP contribution in [0.5, 0.6) is 0 Å². The van der Waals surface area contributed by atoms with Gasteiger partial charge < -0.3 is 14.8 Å².